The Morgan fingerprint density at radius 1 is 1.06 bits per heavy atom. The number of ether oxygens (including phenoxy) is 3. The first kappa shape index (κ1) is 22.8. The number of hydrogen-bond acceptors (Lipinski definition) is 5. The average Bonchev–Trinajstić information content (AvgIpc) is 2.77. The van der Waals surface area contributed by atoms with Gasteiger partial charge in [-0.15, -0.1) is 0 Å². The molecule has 3 rings (SSSR count). The zero-order valence-corrected chi connectivity index (χ0v) is 19.3. The van der Waals surface area contributed by atoms with Gasteiger partial charge < -0.3 is 24.6 Å². The Morgan fingerprint density at radius 3 is 2.45 bits per heavy atom. The number of hydrogen-bond donors (Lipinski definition) is 2. The first-order valence-corrected chi connectivity index (χ1v) is 10.5. The minimum Gasteiger partial charge on any atom is -0.495 e. The van der Waals surface area contributed by atoms with Gasteiger partial charge in [-0.25, -0.2) is 4.79 Å². The van der Waals surface area contributed by atoms with Gasteiger partial charge in [-0.2, -0.15) is 0 Å². The molecule has 0 aliphatic rings. The average molecular weight is 507 g/mol. The molecule has 0 unspecified atom stereocenters. The van der Waals surface area contributed by atoms with Crippen LogP contribution in [0.1, 0.15) is 21.5 Å². The fourth-order valence-electron chi connectivity index (χ4n) is 2.99. The molecule has 0 spiro atoms. The molecule has 162 valence electrons. The number of rotatable bonds is 9. The molecule has 0 heterocycles. The third-order valence-corrected chi connectivity index (χ3v) is 5.73. The number of carboxylic acids is 1. The highest BCUT2D eigenvalue weighted by molar-refractivity contribution is 9.10. The molecule has 3 aromatic rings. The molecular weight excluding hydrogens is 486 g/mol. The third-order valence-electron chi connectivity index (χ3n) is 4.62. The van der Waals surface area contributed by atoms with Gasteiger partial charge in [-0.3, -0.25) is 0 Å². The highest BCUT2D eigenvalue weighted by atomic mass is 79.9. The van der Waals surface area contributed by atoms with Crippen molar-refractivity contribution < 1.29 is 24.1 Å². The quantitative estimate of drug-likeness (QED) is 0.370. The molecule has 3 aromatic carbocycles. The van der Waals surface area contributed by atoms with E-state index in [1.165, 1.54) is 19.2 Å². The summed E-state index contributed by atoms with van der Waals surface area (Å²) in [6, 6.07) is 15.8. The normalized spacial score (nSPS) is 10.5. The minimum absolute atomic E-state index is 0.156. The molecule has 0 saturated carbocycles. The van der Waals surface area contributed by atoms with E-state index in [0.717, 1.165) is 15.6 Å². The van der Waals surface area contributed by atoms with Gasteiger partial charge in [-0.1, -0.05) is 45.7 Å². The first-order chi connectivity index (χ1) is 14.9. The van der Waals surface area contributed by atoms with E-state index in [1.54, 1.807) is 19.2 Å². The number of carbonyl (C=O) groups is 1. The van der Waals surface area contributed by atoms with Crippen molar-refractivity contribution >= 4 is 39.2 Å². The Hall–Kier alpha value is -2.90. The van der Waals surface area contributed by atoms with Crippen molar-refractivity contribution in [3.8, 4) is 17.2 Å². The molecule has 6 nitrogen and oxygen atoms in total. The van der Waals surface area contributed by atoms with Gasteiger partial charge in [0.2, 0.25) is 0 Å². The summed E-state index contributed by atoms with van der Waals surface area (Å²) < 4.78 is 17.8. The van der Waals surface area contributed by atoms with Crippen LogP contribution in [-0.4, -0.2) is 25.3 Å². The Bertz CT molecular complexity index is 1090. The van der Waals surface area contributed by atoms with Crippen LogP contribution in [0.25, 0.3) is 0 Å². The SMILES string of the molecule is COc1ccc(C(=O)O)cc1NCc1c(Br)ccc(OC)c1OCc1ccccc1Cl. The van der Waals surface area contributed by atoms with Crippen molar-refractivity contribution in [2.75, 3.05) is 19.5 Å². The molecule has 0 aliphatic carbocycles. The van der Waals surface area contributed by atoms with Crippen LogP contribution in [0.3, 0.4) is 0 Å². The van der Waals surface area contributed by atoms with E-state index in [-0.39, 0.29) is 12.2 Å². The molecule has 0 radical (unpaired) electrons. The van der Waals surface area contributed by atoms with Crippen molar-refractivity contribution in [2.24, 2.45) is 0 Å². The fraction of sp³-hybridized carbons (Fsp3) is 0.174. The van der Waals surface area contributed by atoms with Crippen LogP contribution in [0.4, 0.5) is 5.69 Å². The smallest absolute Gasteiger partial charge is 0.335 e. The zero-order chi connectivity index (χ0) is 22.4. The molecule has 0 fully saturated rings. The van der Waals surface area contributed by atoms with E-state index in [0.29, 0.717) is 34.5 Å². The molecule has 0 bridgehead atoms. The Balaban J connectivity index is 1.90. The van der Waals surface area contributed by atoms with Crippen molar-refractivity contribution in [2.45, 2.75) is 13.2 Å². The van der Waals surface area contributed by atoms with Crippen LogP contribution >= 0.6 is 27.5 Å². The second kappa shape index (κ2) is 10.4. The van der Waals surface area contributed by atoms with E-state index in [9.17, 15) is 9.90 Å². The molecule has 0 aromatic heterocycles. The van der Waals surface area contributed by atoms with Crippen LogP contribution in [0.15, 0.2) is 59.1 Å². The second-order valence-electron chi connectivity index (χ2n) is 6.51. The highest BCUT2D eigenvalue weighted by Crippen LogP contribution is 2.38. The molecule has 0 aliphatic heterocycles. The summed E-state index contributed by atoms with van der Waals surface area (Å²) in [5.74, 6) is 0.635. The summed E-state index contributed by atoms with van der Waals surface area (Å²) in [5.41, 5.74) is 2.35. The predicted molar refractivity (Wildman–Crippen MR) is 124 cm³/mol. The van der Waals surface area contributed by atoms with E-state index >= 15 is 0 Å². The van der Waals surface area contributed by atoms with Gasteiger partial charge in [0.05, 0.1) is 25.5 Å². The predicted octanol–water partition coefficient (Wildman–Crippen LogP) is 6.01. The molecule has 31 heavy (non-hydrogen) atoms. The van der Waals surface area contributed by atoms with Gasteiger partial charge in [0.1, 0.15) is 12.4 Å². The Morgan fingerprint density at radius 2 is 1.77 bits per heavy atom. The van der Waals surface area contributed by atoms with Gasteiger partial charge in [0.15, 0.2) is 11.5 Å². The van der Waals surface area contributed by atoms with Crippen molar-refractivity contribution in [3.05, 3.63) is 80.8 Å². The van der Waals surface area contributed by atoms with Crippen LogP contribution < -0.4 is 19.5 Å². The summed E-state index contributed by atoms with van der Waals surface area (Å²) in [6.45, 7) is 0.590. The number of nitrogens with one attached hydrogen (secondary N) is 1. The van der Waals surface area contributed by atoms with E-state index in [1.807, 2.05) is 30.3 Å². The molecule has 0 atom stereocenters. The summed E-state index contributed by atoms with van der Waals surface area (Å²) in [6.07, 6.45) is 0. The summed E-state index contributed by atoms with van der Waals surface area (Å²) >= 11 is 9.83. The monoisotopic (exact) mass is 505 g/mol. The minimum atomic E-state index is -1.02. The van der Waals surface area contributed by atoms with E-state index in [2.05, 4.69) is 21.2 Å². The number of anilines is 1. The summed E-state index contributed by atoms with van der Waals surface area (Å²) in [7, 11) is 3.10. The van der Waals surface area contributed by atoms with E-state index in [4.69, 9.17) is 25.8 Å². The third kappa shape index (κ3) is 5.42. The summed E-state index contributed by atoms with van der Waals surface area (Å²) in [4.78, 5) is 11.3. The highest BCUT2D eigenvalue weighted by Gasteiger charge is 2.17. The van der Waals surface area contributed by atoms with Gasteiger partial charge >= 0.3 is 5.97 Å². The van der Waals surface area contributed by atoms with Crippen LogP contribution in [0.5, 0.6) is 17.2 Å². The van der Waals surface area contributed by atoms with Gasteiger partial charge in [-0.05, 0) is 36.4 Å². The number of aromatic carboxylic acids is 1. The maximum Gasteiger partial charge on any atom is 0.335 e. The lowest BCUT2D eigenvalue weighted by Crippen LogP contribution is -2.08. The zero-order valence-electron chi connectivity index (χ0n) is 16.9. The van der Waals surface area contributed by atoms with Crippen LogP contribution in [0, 0.1) is 0 Å². The van der Waals surface area contributed by atoms with Crippen molar-refractivity contribution in [1.29, 1.82) is 0 Å². The standard InChI is InChI=1S/C23H21BrClNO5/c1-29-20-9-7-14(23(27)28)11-19(20)26-12-16-17(24)8-10-21(30-2)22(16)31-13-15-5-3-4-6-18(15)25/h3-11,26H,12-13H2,1-2H3,(H,27,28). The lowest BCUT2D eigenvalue weighted by Gasteiger charge is -2.19. The molecule has 8 heteroatoms. The van der Waals surface area contributed by atoms with Crippen molar-refractivity contribution in [3.63, 3.8) is 0 Å². The first-order valence-electron chi connectivity index (χ1n) is 9.31. The lowest BCUT2D eigenvalue weighted by molar-refractivity contribution is 0.0697. The number of benzene rings is 3. The maximum absolute atomic E-state index is 11.3. The topological polar surface area (TPSA) is 77.0 Å². The number of halogens is 2. The molecule has 0 amide bonds. The maximum atomic E-state index is 11.3. The van der Waals surface area contributed by atoms with Gasteiger partial charge in [0.25, 0.3) is 0 Å². The number of methoxy groups -OCH3 is 2. The Kier molecular flexibility index (Phi) is 7.65. The van der Waals surface area contributed by atoms with Crippen molar-refractivity contribution in [1.82, 2.24) is 0 Å². The van der Waals surface area contributed by atoms with Gasteiger partial charge in [0, 0.05) is 27.2 Å². The molecule has 2 N–H and O–H groups in total. The fourth-order valence-corrected chi connectivity index (χ4v) is 3.64. The second-order valence-corrected chi connectivity index (χ2v) is 7.77. The molecular formula is C23H21BrClNO5. The summed E-state index contributed by atoms with van der Waals surface area (Å²) in [5, 5.41) is 13.1. The number of carboxylic acid groups (broad SMARTS) is 1. The molecule has 0 saturated heterocycles. The van der Waals surface area contributed by atoms with Crippen LogP contribution in [-0.2, 0) is 13.2 Å². The van der Waals surface area contributed by atoms with Crippen LogP contribution in [0.2, 0.25) is 5.02 Å². The van der Waals surface area contributed by atoms with E-state index < -0.39 is 5.97 Å². The Labute approximate surface area is 193 Å². The largest absolute Gasteiger partial charge is 0.495 e. The lowest BCUT2D eigenvalue weighted by atomic mass is 10.1.